The third-order valence-corrected chi connectivity index (χ3v) is 5.45. The van der Waals surface area contributed by atoms with Gasteiger partial charge in [-0.1, -0.05) is 36.4 Å². The molecule has 3 heteroatoms. The summed E-state index contributed by atoms with van der Waals surface area (Å²) in [6, 6.07) is 14.6. The van der Waals surface area contributed by atoms with Crippen molar-refractivity contribution in [2.24, 2.45) is 0 Å². The summed E-state index contributed by atoms with van der Waals surface area (Å²) < 4.78 is 6.12. The molecule has 0 N–H and O–H groups in total. The first-order valence-electron chi connectivity index (χ1n) is 9.35. The molecule has 0 fully saturated rings. The van der Waals surface area contributed by atoms with Crippen molar-refractivity contribution in [3.8, 4) is 5.75 Å². The first kappa shape index (κ1) is 16.2. The molecule has 1 amide bonds. The molecule has 1 heterocycles. The first-order valence-corrected chi connectivity index (χ1v) is 9.35. The molecule has 1 atom stereocenters. The lowest BCUT2D eigenvalue weighted by atomic mass is 9.91. The first-order chi connectivity index (χ1) is 12.2. The van der Waals surface area contributed by atoms with Crippen LogP contribution in [-0.2, 0) is 30.6 Å². The number of carbonyl (C=O) groups is 1. The molecule has 2 aliphatic rings. The van der Waals surface area contributed by atoms with E-state index in [0.29, 0.717) is 6.54 Å². The summed E-state index contributed by atoms with van der Waals surface area (Å²) in [4.78, 5) is 14.8. The van der Waals surface area contributed by atoms with Crippen molar-refractivity contribution in [2.45, 2.75) is 51.7 Å². The summed E-state index contributed by atoms with van der Waals surface area (Å²) in [5, 5.41) is 0. The van der Waals surface area contributed by atoms with Gasteiger partial charge in [-0.25, -0.2) is 0 Å². The molecular formula is C22H25NO2. The van der Waals surface area contributed by atoms with Gasteiger partial charge in [-0.3, -0.25) is 4.79 Å². The summed E-state index contributed by atoms with van der Waals surface area (Å²) >= 11 is 0. The number of rotatable bonds is 3. The number of benzene rings is 2. The summed E-state index contributed by atoms with van der Waals surface area (Å²) in [6.07, 6.45) is 5.12. The lowest BCUT2D eigenvalue weighted by molar-refractivity contribution is -0.138. The molecule has 3 nitrogen and oxygen atoms in total. The van der Waals surface area contributed by atoms with Gasteiger partial charge in [0.25, 0.3) is 5.91 Å². The average Bonchev–Trinajstić information content (AvgIpc) is 2.67. The van der Waals surface area contributed by atoms with E-state index in [0.717, 1.165) is 31.6 Å². The van der Waals surface area contributed by atoms with Crippen LogP contribution in [0.3, 0.4) is 0 Å². The van der Waals surface area contributed by atoms with E-state index in [1.54, 1.807) is 0 Å². The van der Waals surface area contributed by atoms with E-state index >= 15 is 0 Å². The maximum Gasteiger partial charge on any atom is 0.263 e. The normalized spacial score (nSPS) is 17.4. The molecule has 25 heavy (non-hydrogen) atoms. The third kappa shape index (κ3) is 3.28. The number of hydrogen-bond acceptors (Lipinski definition) is 2. The predicted molar refractivity (Wildman–Crippen MR) is 98.7 cm³/mol. The van der Waals surface area contributed by atoms with Gasteiger partial charge in [0.15, 0.2) is 6.10 Å². The topological polar surface area (TPSA) is 29.5 Å². The van der Waals surface area contributed by atoms with Crippen LogP contribution >= 0.6 is 0 Å². The SMILES string of the molecule is C[C@@H](Oc1cccc2c1CCCC2)C(=O)N1CCc2ccccc2C1. The van der Waals surface area contributed by atoms with Gasteiger partial charge in [0, 0.05) is 13.1 Å². The Labute approximate surface area is 149 Å². The van der Waals surface area contributed by atoms with E-state index < -0.39 is 6.10 Å². The van der Waals surface area contributed by atoms with Gasteiger partial charge in [0.1, 0.15) is 5.75 Å². The van der Waals surface area contributed by atoms with Crippen molar-refractivity contribution in [2.75, 3.05) is 6.54 Å². The third-order valence-electron chi connectivity index (χ3n) is 5.45. The predicted octanol–water partition coefficient (Wildman–Crippen LogP) is 3.92. The highest BCUT2D eigenvalue weighted by Crippen LogP contribution is 2.30. The largest absolute Gasteiger partial charge is 0.481 e. The number of ether oxygens (including phenoxy) is 1. The Morgan fingerprint density at radius 2 is 1.72 bits per heavy atom. The molecule has 0 aromatic heterocycles. The second-order valence-corrected chi connectivity index (χ2v) is 7.14. The molecule has 1 aliphatic heterocycles. The molecule has 0 unspecified atom stereocenters. The number of carbonyl (C=O) groups excluding carboxylic acids is 1. The van der Waals surface area contributed by atoms with Crippen LogP contribution in [0.15, 0.2) is 42.5 Å². The van der Waals surface area contributed by atoms with E-state index in [-0.39, 0.29) is 5.91 Å². The molecule has 2 aromatic rings. The van der Waals surface area contributed by atoms with Gasteiger partial charge in [0.05, 0.1) is 0 Å². The number of nitrogens with zero attached hydrogens (tertiary/aromatic N) is 1. The summed E-state index contributed by atoms with van der Waals surface area (Å²) in [5.74, 6) is 0.985. The van der Waals surface area contributed by atoms with Crippen LogP contribution < -0.4 is 4.74 Å². The van der Waals surface area contributed by atoms with Crippen LogP contribution in [0.25, 0.3) is 0 Å². The van der Waals surface area contributed by atoms with Crippen molar-refractivity contribution in [1.29, 1.82) is 0 Å². The maximum atomic E-state index is 12.9. The van der Waals surface area contributed by atoms with Crippen molar-refractivity contribution in [1.82, 2.24) is 4.90 Å². The quantitative estimate of drug-likeness (QED) is 0.851. The average molecular weight is 335 g/mol. The van der Waals surface area contributed by atoms with Crippen molar-refractivity contribution in [3.05, 3.63) is 64.7 Å². The van der Waals surface area contributed by atoms with Crippen LogP contribution in [0.1, 0.15) is 42.0 Å². The lowest BCUT2D eigenvalue weighted by Crippen LogP contribution is -2.43. The molecule has 1 aliphatic carbocycles. The fraction of sp³-hybridized carbons (Fsp3) is 0.409. The molecule has 130 valence electrons. The second-order valence-electron chi connectivity index (χ2n) is 7.14. The Hall–Kier alpha value is -2.29. The highest BCUT2D eigenvalue weighted by molar-refractivity contribution is 5.81. The monoisotopic (exact) mass is 335 g/mol. The van der Waals surface area contributed by atoms with Gasteiger partial charge < -0.3 is 9.64 Å². The van der Waals surface area contributed by atoms with Gasteiger partial charge in [0.2, 0.25) is 0 Å². The highest BCUT2D eigenvalue weighted by atomic mass is 16.5. The van der Waals surface area contributed by atoms with Crippen molar-refractivity contribution >= 4 is 5.91 Å². The Morgan fingerprint density at radius 1 is 0.960 bits per heavy atom. The Balaban J connectivity index is 1.47. The zero-order valence-corrected chi connectivity index (χ0v) is 14.8. The van der Waals surface area contributed by atoms with E-state index in [9.17, 15) is 4.79 Å². The number of hydrogen-bond donors (Lipinski definition) is 0. The van der Waals surface area contributed by atoms with Crippen molar-refractivity contribution < 1.29 is 9.53 Å². The van der Waals surface area contributed by atoms with Crippen LogP contribution in [0.2, 0.25) is 0 Å². The molecule has 0 spiro atoms. The fourth-order valence-corrected chi connectivity index (χ4v) is 4.04. The minimum atomic E-state index is -0.446. The molecule has 0 bridgehead atoms. The molecule has 0 saturated heterocycles. The summed E-state index contributed by atoms with van der Waals surface area (Å²) in [5.41, 5.74) is 5.30. The number of fused-ring (bicyclic) bond motifs is 2. The molecule has 0 radical (unpaired) electrons. The Kier molecular flexibility index (Phi) is 4.48. The van der Waals surface area contributed by atoms with E-state index in [4.69, 9.17) is 4.74 Å². The number of amides is 1. The fourth-order valence-electron chi connectivity index (χ4n) is 4.04. The van der Waals surface area contributed by atoms with Crippen molar-refractivity contribution in [3.63, 3.8) is 0 Å². The summed E-state index contributed by atoms with van der Waals surface area (Å²) in [7, 11) is 0. The van der Waals surface area contributed by atoms with E-state index in [2.05, 4.69) is 24.3 Å². The van der Waals surface area contributed by atoms with Crippen LogP contribution in [0, 0.1) is 0 Å². The van der Waals surface area contributed by atoms with Crippen LogP contribution in [-0.4, -0.2) is 23.5 Å². The maximum absolute atomic E-state index is 12.9. The summed E-state index contributed by atoms with van der Waals surface area (Å²) in [6.45, 7) is 3.34. The Morgan fingerprint density at radius 3 is 2.60 bits per heavy atom. The molecular weight excluding hydrogens is 310 g/mol. The molecule has 0 saturated carbocycles. The second kappa shape index (κ2) is 6.91. The van der Waals surface area contributed by atoms with Gasteiger partial charge >= 0.3 is 0 Å². The zero-order valence-electron chi connectivity index (χ0n) is 14.8. The van der Waals surface area contributed by atoms with Gasteiger partial charge in [-0.15, -0.1) is 0 Å². The Bertz CT molecular complexity index is 783. The standard InChI is InChI=1S/C22H25NO2/c1-16(25-21-12-6-10-18-8-4-5-11-20(18)21)22(24)23-14-13-17-7-2-3-9-19(17)15-23/h2-3,6-7,9-10,12,16H,4-5,8,11,13-15H2,1H3/t16-/m1/s1. The zero-order chi connectivity index (χ0) is 17.2. The van der Waals surface area contributed by atoms with Gasteiger partial charge in [-0.2, -0.15) is 0 Å². The van der Waals surface area contributed by atoms with E-state index in [1.165, 1.54) is 35.1 Å². The van der Waals surface area contributed by atoms with Crippen LogP contribution in [0.5, 0.6) is 5.75 Å². The molecule has 4 rings (SSSR count). The van der Waals surface area contributed by atoms with E-state index in [1.807, 2.05) is 30.0 Å². The smallest absolute Gasteiger partial charge is 0.263 e. The van der Waals surface area contributed by atoms with Crippen LogP contribution in [0.4, 0.5) is 0 Å². The minimum Gasteiger partial charge on any atom is -0.481 e. The highest BCUT2D eigenvalue weighted by Gasteiger charge is 2.26. The lowest BCUT2D eigenvalue weighted by Gasteiger charge is -2.31. The number of aryl methyl sites for hydroxylation is 1. The minimum absolute atomic E-state index is 0.0860. The van der Waals surface area contributed by atoms with Gasteiger partial charge in [-0.05, 0) is 67.3 Å². The molecule has 2 aromatic carbocycles.